The van der Waals surface area contributed by atoms with Crippen LogP contribution >= 0.6 is 0 Å². The lowest BCUT2D eigenvalue weighted by Gasteiger charge is -2.45. The van der Waals surface area contributed by atoms with Crippen LogP contribution < -0.4 is 5.32 Å². The Kier molecular flexibility index (Phi) is 4.97. The number of likely N-dealkylation sites (tertiary alicyclic amines) is 1. The largest absolute Gasteiger partial charge is 0.312 e. The molecule has 0 amide bonds. The van der Waals surface area contributed by atoms with Crippen LogP contribution in [0.3, 0.4) is 0 Å². The summed E-state index contributed by atoms with van der Waals surface area (Å²) < 4.78 is 0. The van der Waals surface area contributed by atoms with Gasteiger partial charge in [0.2, 0.25) is 0 Å². The third-order valence-corrected chi connectivity index (χ3v) is 5.60. The van der Waals surface area contributed by atoms with Crippen molar-refractivity contribution in [2.45, 2.75) is 57.5 Å². The van der Waals surface area contributed by atoms with E-state index in [1.165, 1.54) is 62.7 Å². The van der Waals surface area contributed by atoms with Crippen LogP contribution in [0.1, 0.15) is 55.7 Å². The highest BCUT2D eigenvalue weighted by molar-refractivity contribution is 5.24. The summed E-state index contributed by atoms with van der Waals surface area (Å²) in [6.45, 7) is 4.63. The van der Waals surface area contributed by atoms with E-state index in [0.717, 1.165) is 12.0 Å². The molecule has 0 bridgehead atoms. The molecule has 2 fully saturated rings. The van der Waals surface area contributed by atoms with Crippen LogP contribution in [0, 0.1) is 12.8 Å². The van der Waals surface area contributed by atoms with Crippen LogP contribution in [-0.2, 0) is 0 Å². The second-order valence-electron chi connectivity index (χ2n) is 7.00. The first kappa shape index (κ1) is 15.1. The van der Waals surface area contributed by atoms with Crippen LogP contribution in [0.25, 0.3) is 0 Å². The van der Waals surface area contributed by atoms with Crippen LogP contribution in [0.2, 0.25) is 0 Å². The number of benzene rings is 1. The van der Waals surface area contributed by atoms with Crippen molar-refractivity contribution in [1.82, 2.24) is 10.2 Å². The van der Waals surface area contributed by atoms with E-state index in [1.54, 1.807) is 0 Å². The highest BCUT2D eigenvalue weighted by Gasteiger charge is 2.33. The summed E-state index contributed by atoms with van der Waals surface area (Å²) >= 11 is 0. The Balaban J connectivity index is 1.69. The summed E-state index contributed by atoms with van der Waals surface area (Å²) in [5.74, 6) is 0.975. The van der Waals surface area contributed by atoms with Gasteiger partial charge < -0.3 is 5.32 Å². The normalized spacial score (nSPS) is 28.1. The van der Waals surface area contributed by atoms with Crippen LogP contribution in [-0.4, -0.2) is 31.1 Å². The number of rotatable bonds is 4. The van der Waals surface area contributed by atoms with E-state index in [4.69, 9.17) is 0 Å². The Morgan fingerprint density at radius 1 is 1.10 bits per heavy atom. The smallest absolute Gasteiger partial charge is 0.0446 e. The molecular formula is C19H30N2. The molecule has 1 saturated carbocycles. The van der Waals surface area contributed by atoms with Gasteiger partial charge in [-0.05, 0) is 57.7 Å². The molecule has 1 saturated heterocycles. The maximum atomic E-state index is 3.54. The predicted octanol–water partition coefficient (Wildman–Crippen LogP) is 3.91. The summed E-state index contributed by atoms with van der Waals surface area (Å²) in [7, 11) is 2.10. The summed E-state index contributed by atoms with van der Waals surface area (Å²) in [5.41, 5.74) is 2.78. The topological polar surface area (TPSA) is 15.3 Å². The van der Waals surface area contributed by atoms with Crippen molar-refractivity contribution in [1.29, 1.82) is 0 Å². The maximum absolute atomic E-state index is 3.54. The van der Waals surface area contributed by atoms with E-state index in [2.05, 4.69) is 48.5 Å². The molecule has 1 N–H and O–H groups in total. The van der Waals surface area contributed by atoms with E-state index >= 15 is 0 Å². The lowest BCUT2D eigenvalue weighted by atomic mass is 9.78. The van der Waals surface area contributed by atoms with Gasteiger partial charge in [-0.3, -0.25) is 4.90 Å². The first-order chi connectivity index (χ1) is 10.3. The molecule has 1 heterocycles. The van der Waals surface area contributed by atoms with Gasteiger partial charge in [0.15, 0.2) is 0 Å². The molecule has 1 unspecified atom stereocenters. The Labute approximate surface area is 129 Å². The third-order valence-electron chi connectivity index (χ3n) is 5.60. The molecule has 1 aromatic rings. The minimum Gasteiger partial charge on any atom is -0.312 e. The van der Waals surface area contributed by atoms with Crippen LogP contribution in [0.15, 0.2) is 24.3 Å². The van der Waals surface area contributed by atoms with Gasteiger partial charge in [0.1, 0.15) is 0 Å². The first-order valence-corrected chi connectivity index (χ1v) is 8.76. The molecule has 3 rings (SSSR count). The van der Waals surface area contributed by atoms with E-state index in [9.17, 15) is 0 Å². The fraction of sp³-hybridized carbons (Fsp3) is 0.684. The average Bonchev–Trinajstić information content (AvgIpc) is 2.54. The molecule has 0 radical (unpaired) electrons. The van der Waals surface area contributed by atoms with Crippen molar-refractivity contribution in [3.63, 3.8) is 0 Å². The Morgan fingerprint density at radius 3 is 2.57 bits per heavy atom. The van der Waals surface area contributed by atoms with Crippen molar-refractivity contribution in [3.8, 4) is 0 Å². The molecule has 1 aromatic carbocycles. The van der Waals surface area contributed by atoms with Gasteiger partial charge in [0.05, 0.1) is 0 Å². The number of hydrogen-bond acceptors (Lipinski definition) is 2. The Morgan fingerprint density at radius 2 is 1.81 bits per heavy atom. The zero-order valence-electron chi connectivity index (χ0n) is 13.6. The number of nitrogens with zero attached hydrogens (tertiary/aromatic N) is 1. The zero-order chi connectivity index (χ0) is 14.7. The van der Waals surface area contributed by atoms with Crippen molar-refractivity contribution < 1.29 is 0 Å². The number of hydrogen-bond donors (Lipinski definition) is 1. The second kappa shape index (κ2) is 6.93. The van der Waals surface area contributed by atoms with Crippen molar-refractivity contribution >= 4 is 0 Å². The molecule has 116 valence electrons. The standard InChI is InChI=1S/C19H30N2/c1-15-9-11-16(12-10-15)18(20-2)14-21-13-5-7-17-6-3-4-8-19(17)21/h9-12,17-20H,3-8,13-14H2,1-2H3/t17-,18?,19-/m1/s1. The molecule has 2 aliphatic rings. The number of piperidine rings is 1. The van der Waals surface area contributed by atoms with E-state index in [0.29, 0.717) is 6.04 Å². The number of likely N-dealkylation sites (N-methyl/N-ethyl adjacent to an activating group) is 1. The molecule has 3 atom stereocenters. The molecule has 2 heteroatoms. The molecule has 0 aromatic heterocycles. The molecular weight excluding hydrogens is 256 g/mol. The van der Waals surface area contributed by atoms with Gasteiger partial charge in [-0.25, -0.2) is 0 Å². The molecule has 2 nitrogen and oxygen atoms in total. The van der Waals surface area contributed by atoms with Crippen LogP contribution in [0.4, 0.5) is 0 Å². The Bertz CT molecular complexity index is 437. The van der Waals surface area contributed by atoms with E-state index in [1.807, 2.05) is 0 Å². The Hall–Kier alpha value is -0.860. The molecule has 1 aliphatic carbocycles. The number of aryl methyl sites for hydroxylation is 1. The molecule has 1 aliphatic heterocycles. The SMILES string of the molecule is CNC(CN1CCC[C@H]2CCCC[C@H]21)c1ccc(C)cc1. The number of nitrogens with one attached hydrogen (secondary N) is 1. The highest BCUT2D eigenvalue weighted by atomic mass is 15.2. The number of fused-ring (bicyclic) bond motifs is 1. The average molecular weight is 286 g/mol. The summed E-state index contributed by atoms with van der Waals surface area (Å²) in [5, 5.41) is 3.54. The monoisotopic (exact) mass is 286 g/mol. The minimum atomic E-state index is 0.464. The van der Waals surface area contributed by atoms with Crippen LogP contribution in [0.5, 0.6) is 0 Å². The van der Waals surface area contributed by atoms with Gasteiger partial charge in [-0.1, -0.05) is 42.7 Å². The lowest BCUT2D eigenvalue weighted by Crippen LogP contribution is -2.49. The van der Waals surface area contributed by atoms with Gasteiger partial charge in [0, 0.05) is 18.6 Å². The molecule has 21 heavy (non-hydrogen) atoms. The lowest BCUT2D eigenvalue weighted by molar-refractivity contribution is 0.0535. The fourth-order valence-electron chi connectivity index (χ4n) is 4.35. The third kappa shape index (κ3) is 3.49. The first-order valence-electron chi connectivity index (χ1n) is 8.76. The van der Waals surface area contributed by atoms with Gasteiger partial charge >= 0.3 is 0 Å². The quantitative estimate of drug-likeness (QED) is 0.903. The summed E-state index contributed by atoms with van der Waals surface area (Å²) in [4.78, 5) is 2.79. The second-order valence-corrected chi connectivity index (χ2v) is 7.00. The van der Waals surface area contributed by atoms with Gasteiger partial charge in [0.25, 0.3) is 0 Å². The summed E-state index contributed by atoms with van der Waals surface area (Å²) in [6.07, 6.45) is 8.65. The van der Waals surface area contributed by atoms with Crippen molar-refractivity contribution in [2.75, 3.05) is 20.1 Å². The van der Waals surface area contributed by atoms with Gasteiger partial charge in [-0.15, -0.1) is 0 Å². The predicted molar refractivity (Wildman–Crippen MR) is 89.5 cm³/mol. The van der Waals surface area contributed by atoms with E-state index in [-0.39, 0.29) is 0 Å². The maximum Gasteiger partial charge on any atom is 0.0446 e. The van der Waals surface area contributed by atoms with E-state index < -0.39 is 0 Å². The fourth-order valence-corrected chi connectivity index (χ4v) is 4.35. The minimum absolute atomic E-state index is 0.464. The summed E-state index contributed by atoms with van der Waals surface area (Å²) in [6, 6.07) is 10.4. The zero-order valence-corrected chi connectivity index (χ0v) is 13.6. The van der Waals surface area contributed by atoms with Gasteiger partial charge in [-0.2, -0.15) is 0 Å². The van der Waals surface area contributed by atoms with Crippen molar-refractivity contribution in [2.24, 2.45) is 5.92 Å². The highest BCUT2D eigenvalue weighted by Crippen LogP contribution is 2.36. The van der Waals surface area contributed by atoms with Crippen molar-refractivity contribution in [3.05, 3.63) is 35.4 Å². The molecule has 0 spiro atoms.